The molecule has 0 aliphatic carbocycles. The van der Waals surface area contributed by atoms with Gasteiger partial charge < -0.3 is 4.74 Å². The number of para-hydroxylation sites is 1. The number of hydrogen-bond donors (Lipinski definition) is 0. The summed E-state index contributed by atoms with van der Waals surface area (Å²) in [5, 5.41) is 0. The van der Waals surface area contributed by atoms with Crippen LogP contribution in [0.2, 0.25) is 0 Å². The third-order valence-electron chi connectivity index (χ3n) is 4.06. The molecule has 154 valence electrons. The van der Waals surface area contributed by atoms with Gasteiger partial charge in [0, 0.05) is 14.5 Å². The summed E-state index contributed by atoms with van der Waals surface area (Å²) in [6.45, 7) is 7.12. The number of hydrogen-bond acceptors (Lipinski definition) is 3. The molecule has 0 bridgehead atoms. The summed E-state index contributed by atoms with van der Waals surface area (Å²) in [4.78, 5) is 9.72. The van der Waals surface area contributed by atoms with E-state index >= 15 is 0 Å². The Kier molecular flexibility index (Phi) is 9.88. The van der Waals surface area contributed by atoms with E-state index in [2.05, 4.69) is 81.1 Å². The van der Waals surface area contributed by atoms with Gasteiger partial charge in [-0.1, -0.05) is 57.2 Å². The Morgan fingerprint density at radius 2 is 1.61 bits per heavy atom. The number of benzene rings is 2. The van der Waals surface area contributed by atoms with E-state index in [9.17, 15) is 0 Å². The van der Waals surface area contributed by atoms with Crippen molar-refractivity contribution < 1.29 is 15.6 Å². The summed E-state index contributed by atoms with van der Waals surface area (Å²) >= 11 is 13.2. The Morgan fingerprint density at radius 3 is 2.11 bits per heavy atom. The number of aliphatic imine (C=N–C) groups is 2. The summed E-state index contributed by atoms with van der Waals surface area (Å²) in [5.41, 5.74) is 2.61. The second-order valence-electron chi connectivity index (χ2n) is 7.07. The molecule has 1 atom stereocenters. The monoisotopic (exact) mass is 678 g/mol. The first-order valence-corrected chi connectivity index (χ1v) is 14.9. The second kappa shape index (κ2) is 11.4. The standard InChI is InChI=1S/C20H20Br2N2O.2BrH.Ni/c1-20(2,3)16-12-25-19(23-16)17(13-8-5-4-6-9-13)24-18-14(21)10-7-11-15(18)22;;;/h4-11,16H,12H2,1-3H3;2*1H;/q;;;+2/p-2/t16-;;;/m1.../s1. The molecule has 2 aromatic carbocycles. The van der Waals surface area contributed by atoms with Crippen LogP contribution in [0.25, 0.3) is 0 Å². The van der Waals surface area contributed by atoms with E-state index in [1.165, 1.54) is 10.9 Å². The topological polar surface area (TPSA) is 34.0 Å². The maximum atomic E-state index is 5.95. The Morgan fingerprint density at radius 1 is 1.04 bits per heavy atom. The first-order valence-electron chi connectivity index (χ1n) is 8.39. The zero-order valence-electron chi connectivity index (χ0n) is 15.5. The molecular formula is C20H20Br4N2NiO. The number of halogens is 4. The van der Waals surface area contributed by atoms with Crippen LogP contribution in [0.4, 0.5) is 5.69 Å². The fraction of sp³-hybridized carbons (Fsp3) is 0.300. The average molecular weight is 683 g/mol. The van der Waals surface area contributed by atoms with Crippen molar-refractivity contribution in [3.63, 3.8) is 0 Å². The van der Waals surface area contributed by atoms with Crippen molar-refractivity contribution in [3.05, 3.63) is 63.0 Å². The van der Waals surface area contributed by atoms with E-state index in [0.29, 0.717) is 12.5 Å². The Hall–Kier alpha value is -0.00649. The summed E-state index contributed by atoms with van der Waals surface area (Å²) in [6.07, 6.45) is 0. The van der Waals surface area contributed by atoms with Gasteiger partial charge in [0.2, 0.25) is 5.90 Å². The molecule has 3 rings (SSSR count). The summed E-state index contributed by atoms with van der Waals surface area (Å²) in [6, 6.07) is 16.1. The maximum absolute atomic E-state index is 5.95. The van der Waals surface area contributed by atoms with E-state index < -0.39 is 0 Å². The van der Waals surface area contributed by atoms with E-state index in [1.807, 2.05) is 48.5 Å². The molecule has 28 heavy (non-hydrogen) atoms. The van der Waals surface area contributed by atoms with Crippen LogP contribution in [0.3, 0.4) is 0 Å². The van der Waals surface area contributed by atoms with Gasteiger partial charge in [-0.3, -0.25) is 0 Å². The van der Waals surface area contributed by atoms with Crippen molar-refractivity contribution in [2.75, 3.05) is 6.61 Å². The molecule has 1 aliphatic rings. The molecule has 0 radical (unpaired) electrons. The molecule has 1 heterocycles. The molecule has 1 aliphatic heterocycles. The molecule has 2 aromatic rings. The van der Waals surface area contributed by atoms with E-state index in [0.717, 1.165) is 25.9 Å². The molecule has 0 spiro atoms. The van der Waals surface area contributed by atoms with Gasteiger partial charge in [0.1, 0.15) is 12.3 Å². The van der Waals surface area contributed by atoms with Gasteiger partial charge >= 0.3 is 39.3 Å². The van der Waals surface area contributed by atoms with Crippen molar-refractivity contribution in [1.29, 1.82) is 0 Å². The van der Waals surface area contributed by atoms with Gasteiger partial charge in [-0.05, 0) is 49.4 Å². The van der Waals surface area contributed by atoms with Gasteiger partial charge in [0.25, 0.3) is 0 Å². The zero-order chi connectivity index (χ0) is 20.7. The van der Waals surface area contributed by atoms with Crippen LogP contribution in [-0.4, -0.2) is 24.3 Å². The third-order valence-corrected chi connectivity index (χ3v) is 5.34. The van der Waals surface area contributed by atoms with Crippen LogP contribution in [0, 0.1) is 5.41 Å². The molecule has 0 saturated heterocycles. The Labute approximate surface area is 203 Å². The summed E-state index contributed by atoms with van der Waals surface area (Å²) in [5.74, 6) is 0.605. The fourth-order valence-electron chi connectivity index (χ4n) is 2.49. The minimum absolute atomic E-state index is 0.0530. The Balaban J connectivity index is 0.000000878. The number of ether oxygens (including phenoxy) is 1. The first kappa shape index (κ1) is 24.3. The van der Waals surface area contributed by atoms with Crippen LogP contribution < -0.4 is 0 Å². The zero-order valence-corrected chi connectivity index (χ0v) is 22.9. The van der Waals surface area contributed by atoms with Crippen molar-refractivity contribution in [1.82, 2.24) is 0 Å². The van der Waals surface area contributed by atoms with Crippen molar-refractivity contribution in [2.24, 2.45) is 15.4 Å². The van der Waals surface area contributed by atoms with E-state index in [-0.39, 0.29) is 11.5 Å². The van der Waals surface area contributed by atoms with Crippen LogP contribution >= 0.6 is 60.3 Å². The molecule has 0 fully saturated rings. The molecule has 0 N–H and O–H groups in total. The van der Waals surface area contributed by atoms with Gasteiger partial charge in [0.15, 0.2) is 0 Å². The van der Waals surface area contributed by atoms with Gasteiger partial charge in [-0.2, -0.15) is 0 Å². The fourth-order valence-corrected chi connectivity index (χ4v) is 3.66. The second-order valence-corrected chi connectivity index (χ2v) is 13.8. The van der Waals surface area contributed by atoms with Gasteiger partial charge in [0.05, 0.1) is 11.7 Å². The van der Waals surface area contributed by atoms with Crippen molar-refractivity contribution in [2.45, 2.75) is 26.8 Å². The van der Waals surface area contributed by atoms with Crippen molar-refractivity contribution >= 4 is 77.6 Å². The minimum atomic E-state index is 0.0530. The molecule has 0 aromatic heterocycles. The molecule has 0 amide bonds. The molecule has 3 nitrogen and oxygen atoms in total. The predicted molar refractivity (Wildman–Crippen MR) is 129 cm³/mol. The van der Waals surface area contributed by atoms with Crippen molar-refractivity contribution in [3.8, 4) is 0 Å². The van der Waals surface area contributed by atoms with Crippen LogP contribution in [-0.2, 0) is 15.6 Å². The number of rotatable bonds is 3. The van der Waals surface area contributed by atoms with E-state index in [4.69, 9.17) is 14.7 Å². The average Bonchev–Trinajstić information content (AvgIpc) is 3.13. The normalized spacial score (nSPS) is 16.9. The van der Waals surface area contributed by atoms with Gasteiger partial charge in [-0.25, -0.2) is 9.98 Å². The summed E-state index contributed by atoms with van der Waals surface area (Å²) in [7, 11) is 1.25. The van der Waals surface area contributed by atoms with Crippen LogP contribution in [0.15, 0.2) is 67.5 Å². The molecule has 0 saturated carbocycles. The van der Waals surface area contributed by atoms with E-state index in [1.54, 1.807) is 0 Å². The van der Waals surface area contributed by atoms with Gasteiger partial charge in [-0.15, -0.1) is 0 Å². The number of nitrogens with zero attached hydrogens (tertiary/aromatic N) is 2. The molecule has 0 unspecified atom stereocenters. The van der Waals surface area contributed by atoms with Crippen LogP contribution in [0.5, 0.6) is 0 Å². The van der Waals surface area contributed by atoms with Crippen LogP contribution in [0.1, 0.15) is 26.3 Å². The quantitative estimate of drug-likeness (QED) is 0.240. The third kappa shape index (κ3) is 6.76. The first-order chi connectivity index (χ1) is 13.3. The predicted octanol–water partition coefficient (Wildman–Crippen LogP) is 7.86. The molecule has 8 heteroatoms. The summed E-state index contributed by atoms with van der Waals surface area (Å²) < 4.78 is 7.78. The molecular weight excluding hydrogens is 663 g/mol. The Bertz CT molecular complexity index is 831. The SMILES string of the molecule is CC(C)(C)[C@H]1COC(C(=Nc2c(Br)cccc2Br)c2ccccc2)=N1.[Br][Ni][Br].